The van der Waals surface area contributed by atoms with E-state index in [1.807, 2.05) is 18.7 Å². The predicted molar refractivity (Wildman–Crippen MR) is 61.3 cm³/mol. The van der Waals surface area contributed by atoms with Crippen molar-refractivity contribution in [2.24, 2.45) is 0 Å². The standard InChI is InChI=1S/C11H15F3N4/c1-7-6-18(8(2)3-15-7)10-16-4-9(5-17-10)11(12,13)14/h4-5,7-8,15H,3,6H2,1-2H3/t7-,8-/m0/s1. The van der Waals surface area contributed by atoms with Crippen molar-refractivity contribution in [3.63, 3.8) is 0 Å². The van der Waals surface area contributed by atoms with Crippen molar-refractivity contribution in [2.75, 3.05) is 18.0 Å². The molecular formula is C11H15F3N4. The van der Waals surface area contributed by atoms with Gasteiger partial charge in [0, 0.05) is 37.6 Å². The summed E-state index contributed by atoms with van der Waals surface area (Å²) in [5.74, 6) is 0.351. The smallest absolute Gasteiger partial charge is 0.335 e. The van der Waals surface area contributed by atoms with Gasteiger partial charge in [0.1, 0.15) is 0 Å². The second-order valence-corrected chi connectivity index (χ2v) is 4.58. The molecule has 0 unspecified atom stereocenters. The SMILES string of the molecule is C[C@H]1CN(c2ncc(C(F)(F)F)cn2)[C@@H](C)CN1. The molecular weight excluding hydrogens is 245 g/mol. The summed E-state index contributed by atoms with van der Waals surface area (Å²) in [6.07, 6.45) is -2.72. The highest BCUT2D eigenvalue weighted by molar-refractivity contribution is 5.33. The van der Waals surface area contributed by atoms with Crippen LogP contribution in [0.2, 0.25) is 0 Å². The van der Waals surface area contributed by atoms with Crippen LogP contribution in [0.1, 0.15) is 19.4 Å². The molecule has 1 saturated heterocycles. The Morgan fingerprint density at radius 2 is 1.89 bits per heavy atom. The molecule has 2 rings (SSSR count). The van der Waals surface area contributed by atoms with Crippen LogP contribution in [-0.2, 0) is 6.18 Å². The van der Waals surface area contributed by atoms with Crippen LogP contribution in [0.15, 0.2) is 12.4 Å². The van der Waals surface area contributed by atoms with Gasteiger partial charge in [-0.05, 0) is 13.8 Å². The third kappa shape index (κ3) is 2.72. The van der Waals surface area contributed by atoms with Crippen LogP contribution in [0.4, 0.5) is 19.1 Å². The van der Waals surface area contributed by atoms with E-state index in [1.165, 1.54) is 0 Å². The molecule has 0 radical (unpaired) electrons. The lowest BCUT2D eigenvalue weighted by Crippen LogP contribution is -2.55. The van der Waals surface area contributed by atoms with E-state index < -0.39 is 11.7 Å². The fourth-order valence-corrected chi connectivity index (χ4v) is 1.92. The van der Waals surface area contributed by atoms with Gasteiger partial charge >= 0.3 is 6.18 Å². The summed E-state index contributed by atoms with van der Waals surface area (Å²) in [4.78, 5) is 9.56. The number of alkyl halides is 3. The Morgan fingerprint density at radius 3 is 2.44 bits per heavy atom. The van der Waals surface area contributed by atoms with Crippen molar-refractivity contribution in [1.29, 1.82) is 0 Å². The first-order valence-electron chi connectivity index (χ1n) is 5.77. The van der Waals surface area contributed by atoms with Gasteiger partial charge in [0.25, 0.3) is 0 Å². The highest BCUT2D eigenvalue weighted by atomic mass is 19.4. The van der Waals surface area contributed by atoms with Gasteiger partial charge in [-0.15, -0.1) is 0 Å². The molecule has 0 spiro atoms. The molecule has 1 fully saturated rings. The first-order valence-corrected chi connectivity index (χ1v) is 5.77. The molecule has 0 amide bonds. The molecule has 18 heavy (non-hydrogen) atoms. The number of nitrogens with one attached hydrogen (secondary N) is 1. The number of hydrogen-bond donors (Lipinski definition) is 1. The number of anilines is 1. The summed E-state index contributed by atoms with van der Waals surface area (Å²) in [5, 5.41) is 3.29. The second-order valence-electron chi connectivity index (χ2n) is 4.58. The van der Waals surface area contributed by atoms with Gasteiger partial charge in [-0.25, -0.2) is 9.97 Å². The number of piperazine rings is 1. The van der Waals surface area contributed by atoms with E-state index in [1.54, 1.807) is 0 Å². The first kappa shape index (κ1) is 13.1. The number of nitrogens with zero attached hydrogens (tertiary/aromatic N) is 3. The second kappa shape index (κ2) is 4.72. The fourth-order valence-electron chi connectivity index (χ4n) is 1.92. The van der Waals surface area contributed by atoms with Crippen molar-refractivity contribution in [3.8, 4) is 0 Å². The van der Waals surface area contributed by atoms with E-state index in [0.717, 1.165) is 18.9 Å². The largest absolute Gasteiger partial charge is 0.419 e. The predicted octanol–water partition coefficient (Wildman–Crippen LogP) is 1.68. The van der Waals surface area contributed by atoms with Crippen LogP contribution in [0.25, 0.3) is 0 Å². The molecule has 2 atom stereocenters. The van der Waals surface area contributed by atoms with Crippen LogP contribution >= 0.6 is 0 Å². The van der Waals surface area contributed by atoms with E-state index in [9.17, 15) is 13.2 Å². The molecule has 100 valence electrons. The van der Waals surface area contributed by atoms with Gasteiger partial charge in [0.05, 0.1) is 5.56 Å². The minimum Gasteiger partial charge on any atom is -0.335 e. The zero-order chi connectivity index (χ0) is 13.3. The van der Waals surface area contributed by atoms with Crippen LogP contribution < -0.4 is 10.2 Å². The number of halogens is 3. The van der Waals surface area contributed by atoms with Crippen molar-refractivity contribution in [2.45, 2.75) is 32.1 Å². The lowest BCUT2D eigenvalue weighted by molar-refractivity contribution is -0.138. The molecule has 1 aliphatic heterocycles. The first-order chi connectivity index (χ1) is 8.38. The summed E-state index contributed by atoms with van der Waals surface area (Å²) < 4.78 is 37.2. The molecule has 1 aromatic rings. The summed E-state index contributed by atoms with van der Waals surface area (Å²) in [5.41, 5.74) is -0.818. The Labute approximate surface area is 103 Å². The maximum absolute atomic E-state index is 12.4. The van der Waals surface area contributed by atoms with Crippen molar-refractivity contribution < 1.29 is 13.2 Å². The average Bonchev–Trinajstić information content (AvgIpc) is 2.31. The maximum atomic E-state index is 12.4. The number of hydrogen-bond acceptors (Lipinski definition) is 4. The van der Waals surface area contributed by atoms with E-state index >= 15 is 0 Å². The Bertz CT molecular complexity index is 404. The van der Waals surface area contributed by atoms with Crippen molar-refractivity contribution in [1.82, 2.24) is 15.3 Å². The molecule has 0 saturated carbocycles. The Morgan fingerprint density at radius 1 is 1.28 bits per heavy atom. The maximum Gasteiger partial charge on any atom is 0.419 e. The molecule has 2 heterocycles. The van der Waals surface area contributed by atoms with Crippen molar-refractivity contribution in [3.05, 3.63) is 18.0 Å². The zero-order valence-corrected chi connectivity index (χ0v) is 10.2. The van der Waals surface area contributed by atoms with Gasteiger partial charge in [0.15, 0.2) is 0 Å². The van der Waals surface area contributed by atoms with Crippen LogP contribution in [0.3, 0.4) is 0 Å². The van der Waals surface area contributed by atoms with Gasteiger partial charge in [0.2, 0.25) is 5.95 Å². The Balaban J connectivity index is 2.18. The fraction of sp³-hybridized carbons (Fsp3) is 0.636. The monoisotopic (exact) mass is 260 g/mol. The van der Waals surface area contributed by atoms with E-state index in [4.69, 9.17) is 0 Å². The molecule has 0 aliphatic carbocycles. The molecule has 7 heteroatoms. The quantitative estimate of drug-likeness (QED) is 0.834. The summed E-state index contributed by atoms with van der Waals surface area (Å²) in [6, 6.07) is 0.435. The third-order valence-electron chi connectivity index (χ3n) is 2.99. The van der Waals surface area contributed by atoms with Crippen LogP contribution in [0.5, 0.6) is 0 Å². The van der Waals surface area contributed by atoms with E-state index in [2.05, 4.69) is 15.3 Å². The van der Waals surface area contributed by atoms with Gasteiger partial charge in [-0.1, -0.05) is 0 Å². The molecule has 0 aromatic carbocycles. The minimum atomic E-state index is -4.39. The Hall–Kier alpha value is -1.37. The third-order valence-corrected chi connectivity index (χ3v) is 2.99. The van der Waals surface area contributed by atoms with E-state index in [0.29, 0.717) is 12.5 Å². The summed E-state index contributed by atoms with van der Waals surface area (Å²) in [7, 11) is 0. The molecule has 1 N–H and O–H groups in total. The molecule has 4 nitrogen and oxygen atoms in total. The summed E-state index contributed by atoms with van der Waals surface area (Å²) >= 11 is 0. The number of aromatic nitrogens is 2. The normalized spacial score (nSPS) is 25.3. The Kier molecular flexibility index (Phi) is 3.43. The lowest BCUT2D eigenvalue weighted by Gasteiger charge is -2.37. The minimum absolute atomic E-state index is 0.165. The highest BCUT2D eigenvalue weighted by Gasteiger charge is 2.32. The topological polar surface area (TPSA) is 41.1 Å². The van der Waals surface area contributed by atoms with Crippen LogP contribution in [0, 0.1) is 0 Å². The zero-order valence-electron chi connectivity index (χ0n) is 10.2. The molecule has 0 bridgehead atoms. The van der Waals surface area contributed by atoms with Crippen LogP contribution in [-0.4, -0.2) is 35.1 Å². The highest BCUT2D eigenvalue weighted by Crippen LogP contribution is 2.28. The van der Waals surface area contributed by atoms with Gasteiger partial charge < -0.3 is 10.2 Å². The molecule has 1 aromatic heterocycles. The average molecular weight is 260 g/mol. The molecule has 1 aliphatic rings. The van der Waals surface area contributed by atoms with Crippen molar-refractivity contribution >= 4 is 5.95 Å². The number of rotatable bonds is 1. The van der Waals surface area contributed by atoms with Gasteiger partial charge in [-0.3, -0.25) is 0 Å². The summed E-state index contributed by atoms with van der Waals surface area (Å²) in [6.45, 7) is 5.46. The van der Waals surface area contributed by atoms with Gasteiger partial charge in [-0.2, -0.15) is 13.2 Å². The van der Waals surface area contributed by atoms with E-state index in [-0.39, 0.29) is 12.1 Å². The lowest BCUT2D eigenvalue weighted by atomic mass is 10.1.